The van der Waals surface area contributed by atoms with Crippen LogP contribution >= 0.6 is 11.8 Å². The first-order valence-electron chi connectivity index (χ1n) is 8.75. The molecule has 0 amide bonds. The van der Waals surface area contributed by atoms with E-state index < -0.39 is 10.0 Å². The van der Waals surface area contributed by atoms with Crippen LogP contribution in [0.1, 0.15) is 19.3 Å². The molecule has 1 aliphatic rings. The summed E-state index contributed by atoms with van der Waals surface area (Å²) in [4.78, 5) is 2.52. The van der Waals surface area contributed by atoms with Crippen LogP contribution < -0.4 is 4.72 Å². The molecule has 142 valence electrons. The zero-order valence-electron chi connectivity index (χ0n) is 15.2. The van der Waals surface area contributed by atoms with Crippen molar-refractivity contribution in [2.24, 2.45) is 7.05 Å². The number of hydrogen-bond acceptors (Lipinski definition) is 6. The van der Waals surface area contributed by atoms with E-state index in [2.05, 4.69) is 19.8 Å². The Morgan fingerprint density at radius 3 is 2.46 bits per heavy atom. The number of likely N-dealkylation sites (tertiary alicyclic amines) is 1. The number of anilines is 1. The third kappa shape index (κ3) is 5.21. The van der Waals surface area contributed by atoms with Crippen molar-refractivity contribution in [1.82, 2.24) is 19.7 Å². The Balaban J connectivity index is 1.61. The van der Waals surface area contributed by atoms with Gasteiger partial charge in [0.2, 0.25) is 10.0 Å². The number of rotatable bonds is 7. The molecule has 9 heteroatoms. The molecule has 0 atom stereocenters. The number of hydrogen-bond donors (Lipinski definition) is 1. The van der Waals surface area contributed by atoms with Crippen molar-refractivity contribution < 1.29 is 8.42 Å². The van der Waals surface area contributed by atoms with E-state index in [-0.39, 0.29) is 0 Å². The van der Waals surface area contributed by atoms with Crippen LogP contribution in [0.2, 0.25) is 0 Å². The molecular weight excluding hydrogens is 370 g/mol. The minimum atomic E-state index is -3.27. The minimum absolute atomic E-state index is 0.537. The lowest BCUT2D eigenvalue weighted by Crippen LogP contribution is -2.31. The number of thioether (sulfide) groups is 1. The highest BCUT2D eigenvalue weighted by atomic mass is 32.2. The summed E-state index contributed by atoms with van der Waals surface area (Å²) in [5.41, 5.74) is 1.44. The van der Waals surface area contributed by atoms with E-state index in [0.29, 0.717) is 5.69 Å². The van der Waals surface area contributed by atoms with Gasteiger partial charge < -0.3 is 9.47 Å². The van der Waals surface area contributed by atoms with E-state index in [0.717, 1.165) is 35.1 Å². The third-order valence-electron chi connectivity index (χ3n) is 4.37. The van der Waals surface area contributed by atoms with Gasteiger partial charge in [-0.25, -0.2) is 8.42 Å². The molecule has 0 saturated carbocycles. The van der Waals surface area contributed by atoms with Crippen LogP contribution in [0, 0.1) is 0 Å². The largest absolute Gasteiger partial charge is 0.305 e. The Hall–Kier alpha value is -1.58. The van der Waals surface area contributed by atoms with Gasteiger partial charge in [0.15, 0.2) is 11.0 Å². The molecule has 0 unspecified atom stereocenters. The molecule has 1 aromatic carbocycles. The summed E-state index contributed by atoms with van der Waals surface area (Å²) in [7, 11) is -1.31. The number of aromatic nitrogens is 3. The van der Waals surface area contributed by atoms with E-state index in [1.54, 1.807) is 23.9 Å². The number of benzene rings is 1. The molecule has 1 N–H and O–H groups in total. The van der Waals surface area contributed by atoms with E-state index >= 15 is 0 Å². The first-order chi connectivity index (χ1) is 12.4. The molecule has 3 rings (SSSR count). The fourth-order valence-electron chi connectivity index (χ4n) is 3.04. The highest BCUT2D eigenvalue weighted by Gasteiger charge is 2.13. The zero-order valence-corrected chi connectivity index (χ0v) is 16.8. The van der Waals surface area contributed by atoms with Crippen LogP contribution in [0.15, 0.2) is 29.4 Å². The molecule has 2 aromatic rings. The molecule has 0 bridgehead atoms. The molecule has 7 nitrogen and oxygen atoms in total. The Bertz CT molecular complexity index is 827. The van der Waals surface area contributed by atoms with Crippen LogP contribution in [0.3, 0.4) is 0 Å². The molecule has 0 spiro atoms. The van der Waals surface area contributed by atoms with Crippen LogP contribution in [0.5, 0.6) is 0 Å². The molecule has 1 aromatic heterocycles. The predicted octanol–water partition coefficient (Wildman–Crippen LogP) is 2.43. The smallest absolute Gasteiger partial charge is 0.229 e. The van der Waals surface area contributed by atoms with Crippen LogP contribution in [-0.2, 0) is 17.1 Å². The monoisotopic (exact) mass is 395 g/mol. The number of nitrogens with zero attached hydrogens (tertiary/aromatic N) is 4. The number of piperidine rings is 1. The van der Waals surface area contributed by atoms with Gasteiger partial charge in [-0.2, -0.15) is 0 Å². The number of sulfonamides is 1. The molecule has 0 aliphatic carbocycles. The predicted molar refractivity (Wildman–Crippen MR) is 106 cm³/mol. The molecule has 26 heavy (non-hydrogen) atoms. The highest BCUT2D eigenvalue weighted by molar-refractivity contribution is 7.99. The topological polar surface area (TPSA) is 80.1 Å². The first kappa shape index (κ1) is 19.2. The van der Waals surface area contributed by atoms with Gasteiger partial charge in [-0.3, -0.25) is 4.72 Å². The van der Waals surface area contributed by atoms with Crippen molar-refractivity contribution in [1.29, 1.82) is 0 Å². The van der Waals surface area contributed by atoms with Crippen LogP contribution in [0.4, 0.5) is 5.69 Å². The van der Waals surface area contributed by atoms with Gasteiger partial charge >= 0.3 is 0 Å². The molecule has 1 aliphatic heterocycles. The second kappa shape index (κ2) is 8.41. The maximum atomic E-state index is 11.3. The first-order valence-corrected chi connectivity index (χ1v) is 11.6. The summed E-state index contributed by atoms with van der Waals surface area (Å²) in [6, 6.07) is 7.15. The average Bonchev–Trinajstić information content (AvgIpc) is 2.96. The second-order valence-electron chi connectivity index (χ2n) is 6.57. The summed E-state index contributed by atoms with van der Waals surface area (Å²) >= 11 is 1.72. The summed E-state index contributed by atoms with van der Waals surface area (Å²) < 4.78 is 27.0. The highest BCUT2D eigenvalue weighted by Crippen LogP contribution is 2.24. The average molecular weight is 396 g/mol. The van der Waals surface area contributed by atoms with Gasteiger partial charge in [-0.05, 0) is 50.2 Å². The third-order valence-corrected chi connectivity index (χ3v) is 5.98. The Morgan fingerprint density at radius 2 is 1.81 bits per heavy atom. The van der Waals surface area contributed by atoms with Gasteiger partial charge in [0, 0.05) is 30.6 Å². The van der Waals surface area contributed by atoms with Gasteiger partial charge in [0.05, 0.1) is 6.26 Å². The zero-order chi connectivity index (χ0) is 18.6. The SMILES string of the molecule is Cn1c(SCCN2CCCCC2)nnc1-c1ccc(NS(C)(=O)=O)cc1. The van der Waals surface area contributed by atoms with E-state index in [1.165, 1.54) is 32.4 Å². The van der Waals surface area contributed by atoms with Crippen molar-refractivity contribution in [2.45, 2.75) is 24.4 Å². The second-order valence-corrected chi connectivity index (χ2v) is 9.38. The maximum absolute atomic E-state index is 11.3. The van der Waals surface area contributed by atoms with Crippen molar-refractivity contribution in [3.05, 3.63) is 24.3 Å². The molecular formula is C17H25N5O2S2. The van der Waals surface area contributed by atoms with E-state index in [4.69, 9.17) is 0 Å². The Morgan fingerprint density at radius 1 is 1.12 bits per heavy atom. The normalized spacial score (nSPS) is 15.9. The number of nitrogens with one attached hydrogen (secondary N) is 1. The van der Waals surface area contributed by atoms with Gasteiger partial charge in [0.1, 0.15) is 0 Å². The Kier molecular flexibility index (Phi) is 6.20. The van der Waals surface area contributed by atoms with Crippen LogP contribution in [-0.4, -0.2) is 59.7 Å². The lowest BCUT2D eigenvalue weighted by molar-refractivity contribution is 0.242. The van der Waals surface area contributed by atoms with Gasteiger partial charge in [-0.1, -0.05) is 18.2 Å². The van der Waals surface area contributed by atoms with Crippen molar-refractivity contribution in [3.63, 3.8) is 0 Å². The van der Waals surface area contributed by atoms with Gasteiger partial charge in [-0.15, -0.1) is 10.2 Å². The standard InChI is InChI=1S/C17H25N5O2S2/c1-21-16(14-6-8-15(9-7-14)20-26(2,23)24)18-19-17(21)25-13-12-22-10-4-3-5-11-22/h6-9,20H,3-5,10-13H2,1-2H3. The summed E-state index contributed by atoms with van der Waals surface area (Å²) in [5.74, 6) is 1.78. The summed E-state index contributed by atoms with van der Waals surface area (Å²) in [6.07, 6.45) is 5.11. The fraction of sp³-hybridized carbons (Fsp3) is 0.529. The molecule has 1 fully saturated rings. The lowest BCUT2D eigenvalue weighted by atomic mass is 10.1. The summed E-state index contributed by atoms with van der Waals surface area (Å²) in [6.45, 7) is 3.50. The van der Waals surface area contributed by atoms with Crippen molar-refractivity contribution in [2.75, 3.05) is 36.4 Å². The van der Waals surface area contributed by atoms with Gasteiger partial charge in [0.25, 0.3) is 0 Å². The van der Waals surface area contributed by atoms with E-state index in [1.807, 2.05) is 23.7 Å². The Labute approximate surface area is 159 Å². The summed E-state index contributed by atoms with van der Waals surface area (Å²) in [5, 5.41) is 9.50. The maximum Gasteiger partial charge on any atom is 0.229 e. The van der Waals surface area contributed by atoms with Crippen molar-refractivity contribution in [3.8, 4) is 11.4 Å². The molecule has 0 radical (unpaired) electrons. The van der Waals surface area contributed by atoms with Crippen LogP contribution in [0.25, 0.3) is 11.4 Å². The lowest BCUT2D eigenvalue weighted by Gasteiger charge is -2.25. The molecule has 1 saturated heterocycles. The minimum Gasteiger partial charge on any atom is -0.305 e. The quantitative estimate of drug-likeness (QED) is 0.726. The fourth-order valence-corrected chi connectivity index (χ4v) is 4.52. The molecule has 2 heterocycles. The van der Waals surface area contributed by atoms with Crippen molar-refractivity contribution >= 4 is 27.5 Å². The van der Waals surface area contributed by atoms with E-state index in [9.17, 15) is 8.42 Å².